The molecule has 2 aliphatic rings. The summed E-state index contributed by atoms with van der Waals surface area (Å²) in [5, 5.41) is 4.12. The van der Waals surface area contributed by atoms with Gasteiger partial charge >= 0.3 is 0 Å². The molecule has 2 aromatic carbocycles. The summed E-state index contributed by atoms with van der Waals surface area (Å²) >= 11 is 11.4. The smallest absolute Gasteiger partial charge is 0.268 e. The number of piperidine rings is 1. The Bertz CT molecular complexity index is 1440. The molecule has 1 aliphatic carbocycles. The molecule has 1 fully saturated rings. The van der Waals surface area contributed by atoms with E-state index in [2.05, 4.69) is 22.2 Å². The van der Waals surface area contributed by atoms with Crippen molar-refractivity contribution < 1.29 is 9.35 Å². The summed E-state index contributed by atoms with van der Waals surface area (Å²) in [6, 6.07) is 13.4. The maximum Gasteiger partial charge on any atom is 0.268 e. The zero-order valence-corrected chi connectivity index (χ0v) is 24.9. The number of nitrogens with one attached hydrogen (secondary N) is 2. The average Bonchev–Trinajstić information content (AvgIpc) is 3.14. The molecule has 7 nitrogen and oxygen atoms in total. The number of halogens is 2. The molecule has 2 heterocycles. The number of carbonyl (C=O) groups excluding carboxylic acids is 1. The van der Waals surface area contributed by atoms with Crippen molar-refractivity contribution in [2.45, 2.75) is 57.2 Å². The third-order valence-electron chi connectivity index (χ3n) is 7.99. The fourth-order valence-electron chi connectivity index (χ4n) is 6.08. The zero-order valence-electron chi connectivity index (χ0n) is 22.5. The van der Waals surface area contributed by atoms with E-state index in [1.807, 2.05) is 39.8 Å². The van der Waals surface area contributed by atoms with E-state index in [1.54, 1.807) is 18.2 Å². The first kappa shape index (κ1) is 28.3. The van der Waals surface area contributed by atoms with Crippen LogP contribution in [0.5, 0.6) is 0 Å². The third-order valence-corrected chi connectivity index (χ3v) is 10.4. The van der Waals surface area contributed by atoms with Gasteiger partial charge < -0.3 is 15.6 Å². The lowest BCUT2D eigenvalue weighted by Gasteiger charge is -2.48. The molecule has 1 spiro atoms. The van der Waals surface area contributed by atoms with E-state index in [4.69, 9.17) is 38.9 Å². The summed E-state index contributed by atoms with van der Waals surface area (Å²) in [6.07, 6.45) is 2.40. The number of hydrogen-bond acceptors (Lipinski definition) is 6. The topological polar surface area (TPSA) is 116 Å². The normalized spacial score (nSPS) is 21.1. The summed E-state index contributed by atoms with van der Waals surface area (Å²) in [4.78, 5) is 23.0. The van der Waals surface area contributed by atoms with Gasteiger partial charge in [-0.05, 0) is 77.2 Å². The molecule has 3 aromatic rings. The first-order valence-electron chi connectivity index (χ1n) is 13.0. The van der Waals surface area contributed by atoms with Crippen molar-refractivity contribution >= 4 is 40.5 Å². The molecule has 0 saturated carbocycles. The number of carbonyl (C=O) groups is 1. The van der Waals surface area contributed by atoms with E-state index in [-0.39, 0.29) is 11.1 Å². The van der Waals surface area contributed by atoms with Gasteiger partial charge in [-0.1, -0.05) is 59.6 Å². The lowest BCUT2D eigenvalue weighted by atomic mass is 9.64. The third kappa shape index (κ3) is 4.65. The fourth-order valence-corrected chi connectivity index (χ4v) is 7.47. The number of benzene rings is 2. The van der Waals surface area contributed by atoms with Gasteiger partial charge in [-0.2, -0.15) is 0 Å². The minimum absolute atomic E-state index is 0.0536. The second kappa shape index (κ2) is 10.3. The van der Waals surface area contributed by atoms with Gasteiger partial charge in [0.25, 0.3) is 5.91 Å². The summed E-state index contributed by atoms with van der Waals surface area (Å²) in [5.74, 6) is -0.314. The van der Waals surface area contributed by atoms with Gasteiger partial charge in [-0.15, -0.1) is 4.72 Å². The van der Waals surface area contributed by atoms with E-state index in [0.29, 0.717) is 32.7 Å². The molecular formula is C29H33Cl2N5O2S. The molecule has 0 bridgehead atoms. The number of rotatable bonds is 5. The predicted octanol–water partition coefficient (Wildman–Crippen LogP) is 5.08. The lowest BCUT2D eigenvalue weighted by molar-refractivity contribution is 0.0965. The van der Waals surface area contributed by atoms with Crippen molar-refractivity contribution in [2.75, 3.05) is 13.1 Å². The van der Waals surface area contributed by atoms with Gasteiger partial charge in [-0.3, -0.25) is 4.79 Å². The highest BCUT2D eigenvalue weighted by molar-refractivity contribution is 7.90. The summed E-state index contributed by atoms with van der Waals surface area (Å²) in [5.41, 5.74) is 8.26. The number of nitrogens with zero attached hydrogens (tertiary/aromatic N) is 2. The molecule has 1 unspecified atom stereocenters. The maximum absolute atomic E-state index is 13.9. The average molecular weight is 587 g/mol. The molecule has 5 rings (SSSR count). The molecule has 2 atom stereocenters. The van der Waals surface area contributed by atoms with E-state index >= 15 is 0 Å². The molecule has 10 heteroatoms. The van der Waals surface area contributed by atoms with Gasteiger partial charge in [0.15, 0.2) is 11.4 Å². The van der Waals surface area contributed by atoms with Gasteiger partial charge in [0.05, 0.1) is 10.0 Å². The zero-order chi connectivity index (χ0) is 28.2. The van der Waals surface area contributed by atoms with Gasteiger partial charge in [0.1, 0.15) is 10.4 Å². The summed E-state index contributed by atoms with van der Waals surface area (Å²) in [6.45, 7) is 9.23. The Labute approximate surface area is 242 Å². The first-order chi connectivity index (χ1) is 18.4. The van der Waals surface area contributed by atoms with E-state index < -0.39 is 27.6 Å². The van der Waals surface area contributed by atoms with Crippen LogP contribution in [0.25, 0.3) is 11.1 Å². The number of aryl methyl sites for hydroxylation is 1. The highest BCUT2D eigenvalue weighted by Crippen LogP contribution is 2.58. The van der Waals surface area contributed by atoms with Crippen LogP contribution in [0.15, 0.2) is 42.5 Å². The number of amides is 1. The molecule has 0 radical (unpaired) electrons. The molecule has 1 amide bonds. The van der Waals surface area contributed by atoms with E-state index in [1.165, 1.54) is 0 Å². The van der Waals surface area contributed by atoms with Crippen LogP contribution in [-0.2, 0) is 23.3 Å². The molecule has 1 aromatic heterocycles. The first-order valence-corrected chi connectivity index (χ1v) is 14.9. The van der Waals surface area contributed by atoms with Crippen LogP contribution in [0, 0.1) is 12.3 Å². The van der Waals surface area contributed by atoms with Crippen molar-refractivity contribution in [2.24, 2.45) is 11.1 Å². The SMILES string of the molecule is Cc1nc([C@@]2(N[S+]([O-])C(C)(C)C)c3ccccc3CC23CCNCC3)nc(C(N)=O)c1-c1cccc(Cl)c1Cl. The molecule has 1 saturated heterocycles. The van der Waals surface area contributed by atoms with Crippen molar-refractivity contribution in [3.63, 3.8) is 0 Å². The van der Waals surface area contributed by atoms with Crippen LogP contribution < -0.4 is 15.8 Å². The predicted molar refractivity (Wildman–Crippen MR) is 157 cm³/mol. The van der Waals surface area contributed by atoms with Crippen LogP contribution in [-0.4, -0.2) is 38.3 Å². The molecular weight excluding hydrogens is 553 g/mol. The van der Waals surface area contributed by atoms with E-state index in [0.717, 1.165) is 43.5 Å². The largest absolute Gasteiger partial charge is 0.598 e. The standard InChI is InChI=1S/C29H33Cl2N5O2S/c1-17-22(19-9-7-11-21(30)23(19)31)24(25(32)37)35-26(34-17)29(36-39(38)27(2,3)4)20-10-6-5-8-18(20)16-28(29)12-14-33-15-13-28/h5-11,33,36H,12-16H2,1-4H3,(H2,32,37)/t29-,39?/m0/s1. The van der Waals surface area contributed by atoms with Crippen LogP contribution in [0.1, 0.15) is 66.7 Å². The van der Waals surface area contributed by atoms with Crippen LogP contribution in [0.2, 0.25) is 10.0 Å². The summed E-state index contributed by atoms with van der Waals surface area (Å²) < 4.78 is 16.9. The Kier molecular flexibility index (Phi) is 7.50. The molecule has 4 N–H and O–H groups in total. The van der Waals surface area contributed by atoms with Crippen LogP contribution >= 0.6 is 23.2 Å². The molecule has 39 heavy (non-hydrogen) atoms. The highest BCUT2D eigenvalue weighted by atomic mass is 35.5. The number of nitrogens with two attached hydrogens (primary N) is 1. The van der Waals surface area contributed by atoms with E-state index in [9.17, 15) is 9.35 Å². The quantitative estimate of drug-likeness (QED) is 0.359. The van der Waals surface area contributed by atoms with Crippen molar-refractivity contribution in [1.82, 2.24) is 20.0 Å². The Hall–Kier alpha value is -2.20. The van der Waals surface area contributed by atoms with Crippen LogP contribution in [0.3, 0.4) is 0 Å². The molecule has 1 aliphatic heterocycles. The monoisotopic (exact) mass is 585 g/mol. The number of primary amides is 1. The number of hydrogen-bond donors (Lipinski definition) is 3. The molecule has 206 valence electrons. The van der Waals surface area contributed by atoms with Crippen molar-refractivity contribution in [1.29, 1.82) is 0 Å². The minimum atomic E-state index is -1.48. The van der Waals surface area contributed by atoms with Crippen LogP contribution in [0.4, 0.5) is 0 Å². The Morgan fingerprint density at radius 2 is 1.79 bits per heavy atom. The second-order valence-electron chi connectivity index (χ2n) is 11.4. The Morgan fingerprint density at radius 1 is 1.10 bits per heavy atom. The fraction of sp³-hybridized carbons (Fsp3) is 0.414. The second-order valence-corrected chi connectivity index (χ2v) is 14.2. The maximum atomic E-state index is 13.9. The summed E-state index contributed by atoms with van der Waals surface area (Å²) in [7, 11) is 0. The number of fused-ring (bicyclic) bond motifs is 1. The lowest BCUT2D eigenvalue weighted by Crippen LogP contribution is -2.62. The highest BCUT2D eigenvalue weighted by Gasteiger charge is 2.63. The van der Waals surface area contributed by atoms with Gasteiger partial charge in [0, 0.05) is 33.6 Å². The van der Waals surface area contributed by atoms with Crippen molar-refractivity contribution in [3.05, 3.63) is 80.8 Å². The minimum Gasteiger partial charge on any atom is -0.598 e. The Balaban J connectivity index is 1.84. The van der Waals surface area contributed by atoms with Gasteiger partial charge in [0.2, 0.25) is 0 Å². The van der Waals surface area contributed by atoms with Crippen molar-refractivity contribution in [3.8, 4) is 11.1 Å². The Morgan fingerprint density at radius 3 is 2.46 bits per heavy atom. The van der Waals surface area contributed by atoms with Gasteiger partial charge in [-0.25, -0.2) is 9.97 Å². The number of aromatic nitrogens is 2.